The molecule has 0 aliphatic heterocycles. The van der Waals surface area contributed by atoms with Gasteiger partial charge in [-0.2, -0.15) is 39.5 Å². The molecule has 0 aromatic rings. The number of alkyl halides is 9. The smallest absolute Gasteiger partial charge is 0.293 e. The Kier molecular flexibility index (Phi) is 6.77. The van der Waals surface area contributed by atoms with Crippen molar-refractivity contribution in [3.05, 3.63) is 0 Å². The van der Waals surface area contributed by atoms with Crippen LogP contribution in [0.2, 0.25) is 0 Å². The highest BCUT2D eigenvalue weighted by molar-refractivity contribution is 5.87. The van der Waals surface area contributed by atoms with E-state index in [2.05, 4.69) is 0 Å². The average Bonchev–Trinajstić information content (AvgIpc) is 2.36. The molecule has 0 rings (SSSR count). The Morgan fingerprint density at radius 1 is 0.727 bits per heavy atom. The first-order valence-corrected chi connectivity index (χ1v) is 6.47. The van der Waals surface area contributed by atoms with Gasteiger partial charge in [0.05, 0.1) is 0 Å². The van der Waals surface area contributed by atoms with Crippen molar-refractivity contribution in [2.24, 2.45) is 0 Å². The molecular formula is C12H15F9O. The number of hydrogen-bond acceptors (Lipinski definition) is 1. The Morgan fingerprint density at radius 3 is 1.59 bits per heavy atom. The zero-order chi connectivity index (χ0) is 17.8. The van der Waals surface area contributed by atoms with E-state index in [1.807, 2.05) is 6.92 Å². The van der Waals surface area contributed by atoms with Crippen molar-refractivity contribution in [1.29, 1.82) is 0 Å². The van der Waals surface area contributed by atoms with E-state index < -0.39 is 36.1 Å². The van der Waals surface area contributed by atoms with Gasteiger partial charge in [0.2, 0.25) is 5.78 Å². The van der Waals surface area contributed by atoms with Crippen molar-refractivity contribution in [2.45, 2.75) is 69.4 Å². The standard InChI is InChI=1S/C12H15F9O/c1-2-3-4-5-6-7-8(22)9(13,14)10(15,16)11(17,18)12(19,20)21/h2-7H2,1H3. The molecule has 0 saturated carbocycles. The van der Waals surface area contributed by atoms with Gasteiger partial charge in [-0.1, -0.05) is 32.6 Å². The highest BCUT2D eigenvalue weighted by atomic mass is 19.4. The highest BCUT2D eigenvalue weighted by Crippen LogP contribution is 2.53. The molecular weight excluding hydrogens is 331 g/mol. The predicted molar refractivity (Wildman–Crippen MR) is 59.3 cm³/mol. The maximum Gasteiger partial charge on any atom is 0.460 e. The Morgan fingerprint density at radius 2 is 1.18 bits per heavy atom. The summed E-state index contributed by atoms with van der Waals surface area (Å²) in [5.41, 5.74) is 0. The number of hydrogen-bond donors (Lipinski definition) is 0. The summed E-state index contributed by atoms with van der Waals surface area (Å²) in [6, 6.07) is 0. The van der Waals surface area contributed by atoms with E-state index in [-0.39, 0.29) is 12.8 Å². The zero-order valence-electron chi connectivity index (χ0n) is 11.6. The van der Waals surface area contributed by atoms with Gasteiger partial charge in [0.25, 0.3) is 0 Å². The van der Waals surface area contributed by atoms with E-state index in [9.17, 15) is 44.3 Å². The summed E-state index contributed by atoms with van der Waals surface area (Å²) in [5.74, 6) is -22.6. The summed E-state index contributed by atoms with van der Waals surface area (Å²) in [5, 5.41) is 0. The van der Waals surface area contributed by atoms with Crippen molar-refractivity contribution in [3.63, 3.8) is 0 Å². The fourth-order valence-corrected chi connectivity index (χ4v) is 1.60. The van der Waals surface area contributed by atoms with E-state index in [4.69, 9.17) is 0 Å². The Bertz CT molecular complexity index is 373. The minimum atomic E-state index is -7.01. The Labute approximate surface area is 120 Å². The summed E-state index contributed by atoms with van der Waals surface area (Å²) in [6.45, 7) is 1.82. The molecule has 0 amide bonds. The maximum absolute atomic E-state index is 13.1. The summed E-state index contributed by atoms with van der Waals surface area (Å²) in [6.07, 6.45) is -6.22. The van der Waals surface area contributed by atoms with Crippen LogP contribution in [0.1, 0.15) is 45.4 Å². The summed E-state index contributed by atoms with van der Waals surface area (Å²) < 4.78 is 113. The molecule has 0 aliphatic carbocycles. The molecule has 0 spiro atoms. The second-order valence-corrected chi connectivity index (χ2v) is 4.81. The lowest BCUT2D eigenvalue weighted by molar-refractivity contribution is -0.388. The lowest BCUT2D eigenvalue weighted by atomic mass is 9.96. The summed E-state index contributed by atoms with van der Waals surface area (Å²) in [7, 11) is 0. The van der Waals surface area contributed by atoms with E-state index in [0.29, 0.717) is 12.8 Å². The number of halogens is 9. The second kappa shape index (κ2) is 7.08. The molecule has 0 saturated heterocycles. The molecule has 0 atom stereocenters. The molecule has 0 aromatic carbocycles. The number of carbonyl (C=O) groups is 1. The van der Waals surface area contributed by atoms with E-state index in [0.717, 1.165) is 6.42 Å². The molecule has 0 aliphatic rings. The van der Waals surface area contributed by atoms with Crippen molar-refractivity contribution in [1.82, 2.24) is 0 Å². The monoisotopic (exact) mass is 346 g/mol. The molecule has 132 valence electrons. The third-order valence-electron chi connectivity index (χ3n) is 3.00. The number of Topliss-reactive ketones (excluding diaryl/α,β-unsaturated/α-hetero) is 1. The van der Waals surface area contributed by atoms with Crippen LogP contribution in [0.25, 0.3) is 0 Å². The first-order valence-electron chi connectivity index (χ1n) is 6.47. The number of unbranched alkanes of at least 4 members (excludes halogenated alkanes) is 4. The van der Waals surface area contributed by atoms with Gasteiger partial charge >= 0.3 is 23.9 Å². The molecule has 0 unspecified atom stereocenters. The normalized spacial score (nSPS) is 14.3. The molecule has 0 heterocycles. The van der Waals surface area contributed by atoms with Crippen LogP contribution in [-0.2, 0) is 4.79 Å². The van der Waals surface area contributed by atoms with Crippen LogP contribution in [0.4, 0.5) is 39.5 Å². The van der Waals surface area contributed by atoms with Crippen molar-refractivity contribution < 1.29 is 44.3 Å². The van der Waals surface area contributed by atoms with Crippen LogP contribution < -0.4 is 0 Å². The van der Waals surface area contributed by atoms with E-state index >= 15 is 0 Å². The molecule has 0 radical (unpaired) electrons. The minimum absolute atomic E-state index is 0.205. The third kappa shape index (κ3) is 4.07. The molecule has 1 nitrogen and oxygen atoms in total. The first kappa shape index (κ1) is 21.0. The molecule has 0 bridgehead atoms. The van der Waals surface area contributed by atoms with Crippen LogP contribution in [0, 0.1) is 0 Å². The lowest BCUT2D eigenvalue weighted by Crippen LogP contribution is -2.63. The maximum atomic E-state index is 13.1. The van der Waals surface area contributed by atoms with E-state index in [1.165, 1.54) is 0 Å². The van der Waals surface area contributed by atoms with Crippen molar-refractivity contribution >= 4 is 5.78 Å². The van der Waals surface area contributed by atoms with Gasteiger partial charge in [0.1, 0.15) is 0 Å². The highest BCUT2D eigenvalue weighted by Gasteiger charge is 2.83. The topological polar surface area (TPSA) is 17.1 Å². The fraction of sp³-hybridized carbons (Fsp3) is 0.917. The van der Waals surface area contributed by atoms with Crippen molar-refractivity contribution in [2.75, 3.05) is 0 Å². The van der Waals surface area contributed by atoms with Crippen LogP contribution in [0.5, 0.6) is 0 Å². The van der Waals surface area contributed by atoms with Gasteiger partial charge in [0.15, 0.2) is 0 Å². The van der Waals surface area contributed by atoms with Crippen LogP contribution in [0.3, 0.4) is 0 Å². The molecule has 22 heavy (non-hydrogen) atoms. The summed E-state index contributed by atoms with van der Waals surface area (Å²) in [4.78, 5) is 11.0. The van der Waals surface area contributed by atoms with Crippen LogP contribution in [-0.4, -0.2) is 29.7 Å². The van der Waals surface area contributed by atoms with Gasteiger partial charge in [0, 0.05) is 6.42 Å². The fourth-order valence-electron chi connectivity index (χ4n) is 1.60. The Balaban J connectivity index is 5.00. The summed E-state index contributed by atoms with van der Waals surface area (Å²) >= 11 is 0. The Hall–Kier alpha value is -0.960. The predicted octanol–water partition coefficient (Wildman–Crippen LogP) is 5.38. The molecule has 0 N–H and O–H groups in total. The molecule has 10 heteroatoms. The number of carbonyl (C=O) groups excluding carboxylic acids is 1. The average molecular weight is 346 g/mol. The van der Waals surface area contributed by atoms with Gasteiger partial charge in [-0.3, -0.25) is 4.79 Å². The lowest BCUT2D eigenvalue weighted by Gasteiger charge is -2.32. The van der Waals surface area contributed by atoms with E-state index in [1.54, 1.807) is 0 Å². The number of ketones is 1. The van der Waals surface area contributed by atoms with Crippen LogP contribution in [0.15, 0.2) is 0 Å². The quantitative estimate of drug-likeness (QED) is 0.404. The molecule has 0 fully saturated rings. The second-order valence-electron chi connectivity index (χ2n) is 4.81. The SMILES string of the molecule is CCCCCCCC(=O)C(F)(F)C(F)(F)C(F)(F)C(F)(F)F. The van der Waals surface area contributed by atoms with Gasteiger partial charge < -0.3 is 0 Å². The van der Waals surface area contributed by atoms with Crippen LogP contribution >= 0.6 is 0 Å². The number of rotatable bonds is 9. The zero-order valence-corrected chi connectivity index (χ0v) is 11.6. The minimum Gasteiger partial charge on any atom is -0.293 e. The first-order chi connectivity index (χ1) is 9.73. The van der Waals surface area contributed by atoms with Crippen molar-refractivity contribution in [3.8, 4) is 0 Å². The molecule has 0 aromatic heterocycles. The van der Waals surface area contributed by atoms with Gasteiger partial charge in [-0.25, -0.2) is 0 Å². The van der Waals surface area contributed by atoms with Gasteiger partial charge in [-0.15, -0.1) is 0 Å². The largest absolute Gasteiger partial charge is 0.460 e. The third-order valence-corrected chi connectivity index (χ3v) is 3.00. The van der Waals surface area contributed by atoms with Gasteiger partial charge in [-0.05, 0) is 6.42 Å².